The van der Waals surface area contributed by atoms with Gasteiger partial charge in [0.1, 0.15) is 5.01 Å². The Kier molecular flexibility index (Phi) is 4.80. The van der Waals surface area contributed by atoms with Crippen LogP contribution in [0, 0.1) is 0 Å². The topological polar surface area (TPSA) is 84.7 Å². The van der Waals surface area contributed by atoms with Crippen LogP contribution in [0.25, 0.3) is 0 Å². The summed E-state index contributed by atoms with van der Waals surface area (Å²) in [6.45, 7) is 10.7. The molecule has 0 saturated heterocycles. The molecule has 2 rings (SSSR count). The first kappa shape index (κ1) is 16.4. The van der Waals surface area contributed by atoms with E-state index in [0.29, 0.717) is 17.7 Å². The van der Waals surface area contributed by atoms with E-state index in [0.717, 1.165) is 10.6 Å². The standard InChI is InChI=1S/C14H22N6OS/c1-9(2)20-8-10(7-16-20)6-15-12(21)17-13-19-18-11(22-13)14(3,4)5/h7-9H,6H2,1-5H3,(H2,15,17,19,21). The summed E-state index contributed by atoms with van der Waals surface area (Å²) >= 11 is 1.39. The van der Waals surface area contributed by atoms with Crippen LogP contribution in [-0.2, 0) is 12.0 Å². The number of carbonyl (C=O) groups excluding carboxylic acids is 1. The lowest BCUT2D eigenvalue weighted by Gasteiger charge is -2.12. The van der Waals surface area contributed by atoms with E-state index in [1.807, 2.05) is 10.9 Å². The molecular formula is C14H22N6OS. The molecule has 2 aromatic heterocycles. The van der Waals surface area contributed by atoms with E-state index in [4.69, 9.17) is 0 Å². The second kappa shape index (κ2) is 6.43. The molecule has 0 bridgehead atoms. The first-order valence-corrected chi connectivity index (χ1v) is 7.99. The van der Waals surface area contributed by atoms with Gasteiger partial charge in [-0.3, -0.25) is 10.00 Å². The van der Waals surface area contributed by atoms with Crippen LogP contribution in [0.2, 0.25) is 0 Å². The first-order chi connectivity index (χ1) is 10.3. The van der Waals surface area contributed by atoms with Crippen LogP contribution < -0.4 is 10.6 Å². The van der Waals surface area contributed by atoms with E-state index in [1.165, 1.54) is 11.3 Å². The summed E-state index contributed by atoms with van der Waals surface area (Å²) in [4.78, 5) is 11.9. The zero-order chi connectivity index (χ0) is 16.3. The molecule has 0 aromatic carbocycles. The smallest absolute Gasteiger partial charge is 0.321 e. The van der Waals surface area contributed by atoms with Crippen molar-refractivity contribution in [1.82, 2.24) is 25.3 Å². The summed E-state index contributed by atoms with van der Waals surface area (Å²) in [7, 11) is 0. The molecule has 0 atom stereocenters. The Labute approximate surface area is 134 Å². The van der Waals surface area contributed by atoms with Gasteiger partial charge in [0.15, 0.2) is 0 Å². The lowest BCUT2D eigenvalue weighted by Crippen LogP contribution is -2.28. The van der Waals surface area contributed by atoms with Gasteiger partial charge in [-0.1, -0.05) is 32.1 Å². The number of nitrogens with zero attached hydrogens (tertiary/aromatic N) is 4. The fraction of sp³-hybridized carbons (Fsp3) is 0.571. The van der Waals surface area contributed by atoms with Crippen molar-refractivity contribution >= 4 is 22.5 Å². The van der Waals surface area contributed by atoms with Crippen LogP contribution in [0.1, 0.15) is 51.2 Å². The van der Waals surface area contributed by atoms with E-state index in [1.54, 1.807) is 6.20 Å². The van der Waals surface area contributed by atoms with Gasteiger partial charge in [0.2, 0.25) is 5.13 Å². The summed E-state index contributed by atoms with van der Waals surface area (Å²) in [5.41, 5.74) is 0.885. The number of amides is 2. The molecule has 2 amide bonds. The van der Waals surface area contributed by atoms with Gasteiger partial charge in [-0.05, 0) is 13.8 Å². The summed E-state index contributed by atoms with van der Waals surface area (Å²) in [5, 5.41) is 19.2. The van der Waals surface area contributed by atoms with Crippen molar-refractivity contribution in [2.45, 2.75) is 52.6 Å². The Morgan fingerprint density at radius 2 is 2.09 bits per heavy atom. The van der Waals surface area contributed by atoms with Gasteiger partial charge < -0.3 is 5.32 Å². The molecule has 8 heteroatoms. The molecule has 0 aliphatic rings. The molecule has 0 unspecified atom stereocenters. The average molecular weight is 322 g/mol. The maximum absolute atomic E-state index is 11.9. The van der Waals surface area contributed by atoms with Gasteiger partial charge in [-0.15, -0.1) is 10.2 Å². The molecule has 0 spiro atoms. The lowest BCUT2D eigenvalue weighted by atomic mass is 9.98. The van der Waals surface area contributed by atoms with Crippen molar-refractivity contribution in [3.8, 4) is 0 Å². The van der Waals surface area contributed by atoms with Gasteiger partial charge in [0, 0.05) is 29.8 Å². The number of hydrogen-bond acceptors (Lipinski definition) is 5. The highest BCUT2D eigenvalue weighted by molar-refractivity contribution is 7.15. The minimum absolute atomic E-state index is 0.0699. The second-order valence-corrected chi connectivity index (χ2v) is 7.37. The Morgan fingerprint density at radius 1 is 1.36 bits per heavy atom. The van der Waals surface area contributed by atoms with E-state index >= 15 is 0 Å². The highest BCUT2D eigenvalue weighted by atomic mass is 32.1. The van der Waals surface area contributed by atoms with E-state index in [-0.39, 0.29) is 11.4 Å². The van der Waals surface area contributed by atoms with Crippen molar-refractivity contribution in [1.29, 1.82) is 0 Å². The molecule has 7 nitrogen and oxygen atoms in total. The Bertz CT molecular complexity index is 640. The summed E-state index contributed by atoms with van der Waals surface area (Å²) < 4.78 is 1.86. The van der Waals surface area contributed by atoms with Crippen LogP contribution in [0.5, 0.6) is 0 Å². The molecule has 2 aromatic rings. The third-order valence-electron chi connectivity index (χ3n) is 2.92. The third kappa shape index (κ3) is 4.27. The average Bonchev–Trinajstić information content (AvgIpc) is 3.04. The largest absolute Gasteiger partial charge is 0.334 e. The fourth-order valence-corrected chi connectivity index (χ4v) is 2.45. The fourth-order valence-electron chi connectivity index (χ4n) is 1.65. The summed E-state index contributed by atoms with van der Waals surface area (Å²) in [6.07, 6.45) is 3.68. The van der Waals surface area contributed by atoms with Gasteiger partial charge in [0.25, 0.3) is 0 Å². The lowest BCUT2D eigenvalue weighted by molar-refractivity contribution is 0.251. The number of urea groups is 1. The van der Waals surface area contributed by atoms with Crippen molar-refractivity contribution in [2.24, 2.45) is 0 Å². The Balaban J connectivity index is 1.86. The predicted molar refractivity (Wildman–Crippen MR) is 87.1 cm³/mol. The third-order valence-corrected chi connectivity index (χ3v) is 4.19. The van der Waals surface area contributed by atoms with Crippen molar-refractivity contribution in [2.75, 3.05) is 5.32 Å². The van der Waals surface area contributed by atoms with Crippen LogP contribution in [0.15, 0.2) is 12.4 Å². The molecule has 0 aliphatic heterocycles. The molecule has 2 heterocycles. The van der Waals surface area contributed by atoms with Gasteiger partial charge >= 0.3 is 6.03 Å². The number of aromatic nitrogens is 4. The van der Waals surface area contributed by atoms with Crippen molar-refractivity contribution in [3.05, 3.63) is 23.0 Å². The number of carbonyl (C=O) groups is 1. The molecule has 0 fully saturated rings. The highest BCUT2D eigenvalue weighted by Gasteiger charge is 2.19. The normalized spacial score (nSPS) is 11.7. The maximum atomic E-state index is 11.9. The first-order valence-electron chi connectivity index (χ1n) is 7.17. The molecule has 0 saturated carbocycles. The summed E-state index contributed by atoms with van der Waals surface area (Å²) in [6, 6.07) is 0.00805. The van der Waals surface area contributed by atoms with Crippen LogP contribution in [-0.4, -0.2) is 26.0 Å². The number of nitrogens with one attached hydrogen (secondary N) is 2. The van der Waals surface area contributed by atoms with Gasteiger partial charge in [0.05, 0.1) is 6.20 Å². The Hall–Kier alpha value is -1.96. The molecule has 0 radical (unpaired) electrons. The predicted octanol–water partition coefficient (Wildman–Crippen LogP) is 2.93. The summed E-state index contributed by atoms with van der Waals surface area (Å²) in [5.74, 6) is 0. The molecule has 120 valence electrons. The molecule has 22 heavy (non-hydrogen) atoms. The van der Waals surface area contributed by atoms with Crippen LogP contribution >= 0.6 is 11.3 Å². The van der Waals surface area contributed by atoms with Crippen molar-refractivity contribution < 1.29 is 4.79 Å². The van der Waals surface area contributed by atoms with E-state index < -0.39 is 0 Å². The minimum Gasteiger partial charge on any atom is -0.334 e. The van der Waals surface area contributed by atoms with E-state index in [2.05, 4.69) is 60.5 Å². The SMILES string of the molecule is CC(C)n1cc(CNC(=O)Nc2nnc(C(C)(C)C)s2)cn1. The van der Waals surface area contributed by atoms with Gasteiger partial charge in [-0.25, -0.2) is 4.79 Å². The molecule has 2 N–H and O–H groups in total. The molecule has 0 aliphatic carbocycles. The monoisotopic (exact) mass is 322 g/mol. The van der Waals surface area contributed by atoms with Crippen molar-refractivity contribution in [3.63, 3.8) is 0 Å². The molecular weight excluding hydrogens is 300 g/mol. The van der Waals surface area contributed by atoms with Gasteiger partial charge in [-0.2, -0.15) is 5.10 Å². The van der Waals surface area contributed by atoms with E-state index in [9.17, 15) is 4.79 Å². The maximum Gasteiger partial charge on any atom is 0.321 e. The quantitative estimate of drug-likeness (QED) is 0.906. The zero-order valence-electron chi connectivity index (χ0n) is 13.5. The highest BCUT2D eigenvalue weighted by Crippen LogP contribution is 2.27. The number of hydrogen-bond donors (Lipinski definition) is 2. The minimum atomic E-state index is -0.297. The number of anilines is 1. The zero-order valence-corrected chi connectivity index (χ0v) is 14.4. The Morgan fingerprint density at radius 3 is 2.64 bits per heavy atom. The van der Waals surface area contributed by atoms with Crippen LogP contribution in [0.4, 0.5) is 9.93 Å². The van der Waals surface area contributed by atoms with Crippen LogP contribution in [0.3, 0.4) is 0 Å². The number of rotatable bonds is 4. The second-order valence-electron chi connectivity index (χ2n) is 6.39.